The number of aromatic nitrogens is 2. The third-order valence-electron chi connectivity index (χ3n) is 3.87. The number of ether oxygens (including phenoxy) is 1. The number of anilines is 4. The van der Waals surface area contributed by atoms with E-state index in [4.69, 9.17) is 4.74 Å². The Labute approximate surface area is 148 Å². The molecule has 0 unspecified atom stereocenters. The molecule has 0 radical (unpaired) electrons. The lowest BCUT2D eigenvalue weighted by molar-refractivity contribution is 0.417. The van der Waals surface area contributed by atoms with Crippen molar-refractivity contribution >= 4 is 23.1 Å². The van der Waals surface area contributed by atoms with E-state index in [-0.39, 0.29) is 0 Å². The smallest absolute Gasteiger partial charge is 0.229 e. The van der Waals surface area contributed by atoms with Crippen LogP contribution in [0.5, 0.6) is 5.75 Å². The second-order valence-electron chi connectivity index (χ2n) is 5.68. The molecule has 1 heterocycles. The van der Waals surface area contributed by atoms with Crippen molar-refractivity contribution in [1.29, 1.82) is 0 Å². The first-order valence-electron chi connectivity index (χ1n) is 8.30. The minimum Gasteiger partial charge on any atom is -0.495 e. The molecular weight excluding hydrogens is 312 g/mol. The van der Waals surface area contributed by atoms with Gasteiger partial charge in [-0.15, -0.1) is 0 Å². The van der Waals surface area contributed by atoms with Crippen molar-refractivity contribution in [3.63, 3.8) is 0 Å². The van der Waals surface area contributed by atoms with Gasteiger partial charge in [-0.2, -0.15) is 4.98 Å². The van der Waals surface area contributed by atoms with E-state index in [1.165, 1.54) is 5.56 Å². The van der Waals surface area contributed by atoms with Crippen molar-refractivity contribution in [2.75, 3.05) is 17.7 Å². The van der Waals surface area contributed by atoms with Crippen molar-refractivity contribution in [2.45, 2.75) is 20.3 Å². The minimum absolute atomic E-state index is 0.568. The molecule has 0 amide bonds. The molecule has 0 bridgehead atoms. The highest BCUT2D eigenvalue weighted by molar-refractivity contribution is 5.66. The Balaban J connectivity index is 1.88. The van der Waals surface area contributed by atoms with Crippen LogP contribution in [0.2, 0.25) is 0 Å². The zero-order valence-electron chi connectivity index (χ0n) is 14.7. The lowest BCUT2D eigenvalue weighted by atomic mass is 10.1. The maximum absolute atomic E-state index is 5.38. The summed E-state index contributed by atoms with van der Waals surface area (Å²) in [6.07, 6.45) is 0.946. The number of benzene rings is 2. The molecule has 2 N–H and O–H groups in total. The Bertz CT molecular complexity index is 796. The topological polar surface area (TPSA) is 59.1 Å². The van der Waals surface area contributed by atoms with Gasteiger partial charge in [-0.25, -0.2) is 4.98 Å². The van der Waals surface area contributed by atoms with Crippen molar-refractivity contribution in [1.82, 2.24) is 9.97 Å². The molecule has 0 saturated carbocycles. The van der Waals surface area contributed by atoms with E-state index in [1.54, 1.807) is 7.11 Å². The number of para-hydroxylation sites is 3. The molecule has 128 valence electrons. The van der Waals surface area contributed by atoms with Crippen LogP contribution in [-0.2, 0) is 6.42 Å². The Morgan fingerprint density at radius 3 is 2.40 bits per heavy atom. The Hall–Kier alpha value is -3.08. The number of aryl methyl sites for hydroxylation is 2. The largest absolute Gasteiger partial charge is 0.495 e. The number of hydrogen-bond donors (Lipinski definition) is 2. The maximum Gasteiger partial charge on any atom is 0.229 e. The molecule has 5 heteroatoms. The zero-order chi connectivity index (χ0) is 17.6. The summed E-state index contributed by atoms with van der Waals surface area (Å²) >= 11 is 0. The zero-order valence-corrected chi connectivity index (χ0v) is 14.7. The monoisotopic (exact) mass is 334 g/mol. The molecule has 5 nitrogen and oxygen atoms in total. The van der Waals surface area contributed by atoms with E-state index in [0.29, 0.717) is 11.8 Å². The minimum atomic E-state index is 0.568. The maximum atomic E-state index is 5.38. The summed E-state index contributed by atoms with van der Waals surface area (Å²) in [5.41, 5.74) is 4.00. The molecule has 25 heavy (non-hydrogen) atoms. The van der Waals surface area contributed by atoms with E-state index in [9.17, 15) is 0 Å². The third kappa shape index (κ3) is 4.07. The van der Waals surface area contributed by atoms with Crippen molar-refractivity contribution in [3.05, 3.63) is 65.9 Å². The van der Waals surface area contributed by atoms with Crippen molar-refractivity contribution < 1.29 is 4.74 Å². The fraction of sp³-hybridized carbons (Fsp3) is 0.200. The second-order valence-corrected chi connectivity index (χ2v) is 5.68. The number of hydrogen-bond acceptors (Lipinski definition) is 5. The van der Waals surface area contributed by atoms with Crippen LogP contribution in [0, 0.1) is 6.92 Å². The van der Waals surface area contributed by atoms with Gasteiger partial charge in [0.2, 0.25) is 5.95 Å². The van der Waals surface area contributed by atoms with Crippen molar-refractivity contribution in [3.8, 4) is 5.75 Å². The van der Waals surface area contributed by atoms with Crippen LogP contribution >= 0.6 is 0 Å². The van der Waals surface area contributed by atoms with E-state index < -0.39 is 0 Å². The van der Waals surface area contributed by atoms with Crippen LogP contribution in [0.25, 0.3) is 0 Å². The summed E-state index contributed by atoms with van der Waals surface area (Å²) in [6.45, 7) is 4.08. The third-order valence-corrected chi connectivity index (χ3v) is 3.87. The van der Waals surface area contributed by atoms with Crippen LogP contribution in [0.3, 0.4) is 0 Å². The molecule has 2 aromatic carbocycles. The Kier molecular flexibility index (Phi) is 5.14. The average Bonchev–Trinajstić information content (AvgIpc) is 2.62. The van der Waals surface area contributed by atoms with Gasteiger partial charge in [0.25, 0.3) is 0 Å². The van der Waals surface area contributed by atoms with E-state index in [2.05, 4.69) is 33.6 Å². The number of methoxy groups -OCH3 is 1. The van der Waals surface area contributed by atoms with Gasteiger partial charge in [-0.05, 0) is 37.1 Å². The van der Waals surface area contributed by atoms with E-state index in [0.717, 1.165) is 29.2 Å². The molecular formula is C20H22N4O. The number of rotatable bonds is 6. The standard InChI is InChI=1S/C20H22N4O/c1-4-15-9-5-6-10-16(15)23-20-21-14(2)13-19(24-20)22-17-11-7-8-12-18(17)25-3/h5-13H,4H2,1-3H3,(H2,21,22,23,24). The molecule has 0 spiro atoms. The fourth-order valence-corrected chi connectivity index (χ4v) is 2.65. The summed E-state index contributed by atoms with van der Waals surface area (Å²) < 4.78 is 5.38. The molecule has 1 aromatic heterocycles. The average molecular weight is 334 g/mol. The summed E-state index contributed by atoms with van der Waals surface area (Å²) in [6, 6.07) is 17.8. The highest BCUT2D eigenvalue weighted by Crippen LogP contribution is 2.27. The van der Waals surface area contributed by atoms with Gasteiger partial charge in [-0.3, -0.25) is 0 Å². The first kappa shape index (κ1) is 16.8. The van der Waals surface area contributed by atoms with E-state index in [1.807, 2.05) is 55.5 Å². The van der Waals surface area contributed by atoms with Gasteiger partial charge in [0.05, 0.1) is 12.8 Å². The molecule has 3 rings (SSSR count). The molecule has 0 aliphatic rings. The van der Waals surface area contributed by atoms with Crippen LogP contribution in [0.15, 0.2) is 54.6 Å². The molecule has 0 fully saturated rings. The molecule has 0 aliphatic heterocycles. The van der Waals surface area contributed by atoms with Crippen LogP contribution in [0.4, 0.5) is 23.1 Å². The van der Waals surface area contributed by atoms with Gasteiger partial charge < -0.3 is 15.4 Å². The molecule has 0 atom stereocenters. The lowest BCUT2D eigenvalue weighted by Gasteiger charge is -2.13. The quantitative estimate of drug-likeness (QED) is 0.675. The number of nitrogens with zero attached hydrogens (tertiary/aromatic N) is 2. The van der Waals surface area contributed by atoms with Gasteiger partial charge in [0.15, 0.2) is 0 Å². The van der Waals surface area contributed by atoms with E-state index >= 15 is 0 Å². The van der Waals surface area contributed by atoms with Crippen molar-refractivity contribution in [2.24, 2.45) is 0 Å². The summed E-state index contributed by atoms with van der Waals surface area (Å²) in [5, 5.41) is 6.63. The Morgan fingerprint density at radius 2 is 1.64 bits per heavy atom. The number of nitrogens with one attached hydrogen (secondary N) is 2. The summed E-state index contributed by atoms with van der Waals surface area (Å²) in [4.78, 5) is 9.08. The van der Waals surface area contributed by atoms with Gasteiger partial charge in [0.1, 0.15) is 11.6 Å². The first-order chi connectivity index (χ1) is 12.2. The van der Waals surface area contributed by atoms with Crippen LogP contribution < -0.4 is 15.4 Å². The normalized spacial score (nSPS) is 10.4. The predicted octanol–water partition coefficient (Wildman–Crippen LogP) is 4.84. The lowest BCUT2D eigenvalue weighted by Crippen LogP contribution is -2.04. The Morgan fingerprint density at radius 1 is 0.920 bits per heavy atom. The highest BCUT2D eigenvalue weighted by Gasteiger charge is 2.08. The highest BCUT2D eigenvalue weighted by atomic mass is 16.5. The SMILES string of the molecule is CCc1ccccc1Nc1nc(C)cc(Nc2ccccc2OC)n1. The van der Waals surface area contributed by atoms with Gasteiger partial charge in [0, 0.05) is 17.4 Å². The predicted molar refractivity (Wildman–Crippen MR) is 102 cm³/mol. The van der Waals surface area contributed by atoms with Gasteiger partial charge in [-0.1, -0.05) is 37.3 Å². The second kappa shape index (κ2) is 7.66. The fourth-order valence-electron chi connectivity index (χ4n) is 2.65. The summed E-state index contributed by atoms with van der Waals surface area (Å²) in [5.74, 6) is 2.05. The van der Waals surface area contributed by atoms with Gasteiger partial charge >= 0.3 is 0 Å². The summed E-state index contributed by atoms with van der Waals surface area (Å²) in [7, 11) is 1.65. The van der Waals surface area contributed by atoms with Crippen LogP contribution in [-0.4, -0.2) is 17.1 Å². The van der Waals surface area contributed by atoms with Crippen LogP contribution in [0.1, 0.15) is 18.2 Å². The first-order valence-corrected chi connectivity index (χ1v) is 8.30. The molecule has 0 aliphatic carbocycles. The molecule has 0 saturated heterocycles. The molecule has 3 aromatic rings.